The summed E-state index contributed by atoms with van der Waals surface area (Å²) in [4.78, 5) is 27.3. The number of methoxy groups -OCH3 is 1. The summed E-state index contributed by atoms with van der Waals surface area (Å²) in [6.07, 6.45) is 0.235. The fraction of sp³-hybridized carbons (Fsp3) is 0.214. The van der Waals surface area contributed by atoms with Gasteiger partial charge in [-0.25, -0.2) is 4.98 Å². The van der Waals surface area contributed by atoms with Gasteiger partial charge in [-0.15, -0.1) is 11.3 Å². The number of benzene rings is 1. The van der Waals surface area contributed by atoms with Crippen molar-refractivity contribution in [2.45, 2.75) is 6.42 Å². The molecule has 0 aliphatic rings. The number of amides is 2. The fourth-order valence-electron chi connectivity index (χ4n) is 1.66. The summed E-state index contributed by atoms with van der Waals surface area (Å²) in [7, 11) is 3.12. The van der Waals surface area contributed by atoms with Crippen LogP contribution in [-0.2, 0) is 11.2 Å². The zero-order valence-corrected chi connectivity index (χ0v) is 12.5. The molecule has 1 heterocycles. The van der Waals surface area contributed by atoms with Crippen molar-refractivity contribution in [1.82, 2.24) is 10.3 Å². The van der Waals surface area contributed by atoms with Crippen molar-refractivity contribution < 1.29 is 14.3 Å². The molecule has 0 spiro atoms. The third-order valence-corrected chi connectivity index (χ3v) is 3.49. The van der Waals surface area contributed by atoms with E-state index in [1.54, 1.807) is 24.6 Å². The lowest BCUT2D eigenvalue weighted by Crippen LogP contribution is -2.18. The van der Waals surface area contributed by atoms with Gasteiger partial charge in [0.25, 0.3) is 5.91 Å². The Morgan fingerprint density at radius 2 is 2.00 bits per heavy atom. The molecule has 2 N–H and O–H groups in total. The van der Waals surface area contributed by atoms with Crippen molar-refractivity contribution in [3.8, 4) is 5.75 Å². The topological polar surface area (TPSA) is 80.3 Å². The van der Waals surface area contributed by atoms with Crippen molar-refractivity contribution >= 4 is 28.3 Å². The molecule has 7 heteroatoms. The lowest BCUT2D eigenvalue weighted by atomic mass is 10.1. The van der Waals surface area contributed by atoms with E-state index in [4.69, 9.17) is 4.74 Å². The largest absolute Gasteiger partial charge is 0.497 e. The van der Waals surface area contributed by atoms with Gasteiger partial charge in [-0.3, -0.25) is 9.59 Å². The lowest BCUT2D eigenvalue weighted by molar-refractivity contribution is -0.115. The molecule has 110 valence electrons. The molecule has 0 fully saturated rings. The van der Waals surface area contributed by atoms with Crippen LogP contribution >= 0.6 is 11.3 Å². The molecule has 2 aromatic rings. The summed E-state index contributed by atoms with van der Waals surface area (Å²) in [5.74, 6) is 0.286. The Bertz CT molecular complexity index is 637. The Balaban J connectivity index is 1.94. The van der Waals surface area contributed by atoms with E-state index in [0.29, 0.717) is 10.8 Å². The first kappa shape index (κ1) is 15.0. The highest BCUT2D eigenvalue weighted by Gasteiger charge is 2.11. The highest BCUT2D eigenvalue weighted by atomic mass is 32.1. The predicted octanol–water partition coefficient (Wildman–Crippen LogP) is 1.69. The van der Waals surface area contributed by atoms with Gasteiger partial charge >= 0.3 is 0 Å². The van der Waals surface area contributed by atoms with Crippen molar-refractivity contribution in [2.75, 3.05) is 19.5 Å². The highest BCUT2D eigenvalue weighted by Crippen LogP contribution is 2.16. The summed E-state index contributed by atoms with van der Waals surface area (Å²) in [6.45, 7) is 0. The van der Waals surface area contributed by atoms with Crippen LogP contribution in [0.25, 0.3) is 0 Å². The number of nitrogens with one attached hydrogen (secondary N) is 2. The number of thiazole rings is 1. The maximum atomic E-state index is 11.9. The van der Waals surface area contributed by atoms with Crippen molar-refractivity contribution in [3.63, 3.8) is 0 Å². The molecule has 21 heavy (non-hydrogen) atoms. The van der Waals surface area contributed by atoms with Gasteiger partial charge in [-0.05, 0) is 17.7 Å². The van der Waals surface area contributed by atoms with E-state index in [9.17, 15) is 9.59 Å². The minimum atomic E-state index is -0.276. The monoisotopic (exact) mass is 305 g/mol. The van der Waals surface area contributed by atoms with Gasteiger partial charge in [0.05, 0.1) is 13.5 Å². The van der Waals surface area contributed by atoms with E-state index in [0.717, 1.165) is 11.3 Å². The molecule has 0 aliphatic heterocycles. The van der Waals surface area contributed by atoms with Crippen molar-refractivity contribution in [1.29, 1.82) is 0 Å². The molecule has 1 aromatic carbocycles. The van der Waals surface area contributed by atoms with Crippen LogP contribution in [0.2, 0.25) is 0 Å². The standard InChI is InChI=1S/C14H15N3O3S/c1-15-13(19)11-8-21-14(16-11)17-12(18)7-9-3-5-10(20-2)6-4-9/h3-6,8H,7H2,1-2H3,(H,15,19)(H,16,17,18). The van der Waals surface area contributed by atoms with Crippen LogP contribution in [0.3, 0.4) is 0 Å². The third kappa shape index (κ3) is 4.03. The molecule has 2 rings (SSSR count). The number of rotatable bonds is 5. The highest BCUT2D eigenvalue weighted by molar-refractivity contribution is 7.14. The van der Waals surface area contributed by atoms with Crippen LogP contribution in [0.4, 0.5) is 5.13 Å². The molecular weight excluding hydrogens is 290 g/mol. The number of anilines is 1. The number of nitrogens with zero attached hydrogens (tertiary/aromatic N) is 1. The molecule has 0 radical (unpaired) electrons. The minimum absolute atomic E-state index is 0.182. The van der Waals surface area contributed by atoms with Crippen LogP contribution in [-0.4, -0.2) is 31.0 Å². The number of aromatic nitrogens is 1. The molecule has 0 bridgehead atoms. The molecule has 0 atom stereocenters. The Kier molecular flexibility index (Phi) is 4.89. The second kappa shape index (κ2) is 6.85. The average Bonchev–Trinajstić information content (AvgIpc) is 2.95. The zero-order valence-electron chi connectivity index (χ0n) is 11.7. The Labute approximate surface area is 126 Å². The number of hydrogen-bond acceptors (Lipinski definition) is 5. The molecule has 2 amide bonds. The number of hydrogen-bond donors (Lipinski definition) is 2. The molecule has 0 aliphatic carbocycles. The van der Waals surface area contributed by atoms with Crippen LogP contribution in [0.15, 0.2) is 29.6 Å². The summed E-state index contributed by atoms with van der Waals surface area (Å²) in [5.41, 5.74) is 1.17. The van der Waals surface area contributed by atoms with Crippen molar-refractivity contribution in [3.05, 3.63) is 40.9 Å². The summed E-state index contributed by atoms with van der Waals surface area (Å²) in [6, 6.07) is 7.26. The lowest BCUT2D eigenvalue weighted by Gasteiger charge is -2.03. The number of ether oxygens (including phenoxy) is 1. The van der Waals surface area contributed by atoms with Crippen molar-refractivity contribution in [2.24, 2.45) is 0 Å². The van der Waals surface area contributed by atoms with E-state index < -0.39 is 0 Å². The molecule has 0 unspecified atom stereocenters. The molecule has 0 saturated carbocycles. The Morgan fingerprint density at radius 3 is 2.62 bits per heavy atom. The number of carbonyl (C=O) groups excluding carboxylic acids is 2. The van der Waals surface area contributed by atoms with Gasteiger partial charge in [0.2, 0.25) is 5.91 Å². The quantitative estimate of drug-likeness (QED) is 0.881. The average molecular weight is 305 g/mol. The first-order chi connectivity index (χ1) is 10.1. The van der Waals surface area contributed by atoms with Crippen LogP contribution in [0, 0.1) is 0 Å². The zero-order chi connectivity index (χ0) is 15.2. The van der Waals surface area contributed by atoms with Gasteiger partial charge in [0.1, 0.15) is 11.4 Å². The second-order valence-corrected chi connectivity index (χ2v) is 5.05. The predicted molar refractivity (Wildman–Crippen MR) is 80.8 cm³/mol. The normalized spacial score (nSPS) is 10.0. The van der Waals surface area contributed by atoms with Crippen LogP contribution in [0.1, 0.15) is 16.1 Å². The van der Waals surface area contributed by atoms with Gasteiger partial charge < -0.3 is 15.4 Å². The number of carbonyl (C=O) groups is 2. The SMILES string of the molecule is CNC(=O)c1csc(NC(=O)Cc2ccc(OC)cc2)n1. The van der Waals surface area contributed by atoms with E-state index in [1.807, 2.05) is 12.1 Å². The molecule has 6 nitrogen and oxygen atoms in total. The van der Waals surface area contributed by atoms with Crippen LogP contribution in [0.5, 0.6) is 5.75 Å². The Morgan fingerprint density at radius 1 is 1.29 bits per heavy atom. The van der Waals surface area contributed by atoms with Gasteiger partial charge in [0.15, 0.2) is 5.13 Å². The molecular formula is C14H15N3O3S. The maximum Gasteiger partial charge on any atom is 0.270 e. The Hall–Kier alpha value is -2.41. The smallest absolute Gasteiger partial charge is 0.270 e. The van der Waals surface area contributed by atoms with Crippen LogP contribution < -0.4 is 15.4 Å². The maximum absolute atomic E-state index is 11.9. The van der Waals surface area contributed by atoms with E-state index in [1.165, 1.54) is 18.4 Å². The summed E-state index contributed by atoms with van der Waals surface area (Å²) >= 11 is 1.21. The molecule has 0 saturated heterocycles. The van der Waals surface area contributed by atoms with Gasteiger partial charge in [0, 0.05) is 12.4 Å². The summed E-state index contributed by atoms with van der Waals surface area (Å²) in [5, 5.41) is 7.16. The van der Waals surface area contributed by atoms with E-state index in [2.05, 4.69) is 15.6 Å². The fourth-order valence-corrected chi connectivity index (χ4v) is 2.36. The first-order valence-corrected chi connectivity index (χ1v) is 7.10. The molecule has 1 aromatic heterocycles. The first-order valence-electron chi connectivity index (χ1n) is 6.22. The minimum Gasteiger partial charge on any atom is -0.497 e. The second-order valence-electron chi connectivity index (χ2n) is 4.19. The third-order valence-electron chi connectivity index (χ3n) is 2.73. The van der Waals surface area contributed by atoms with E-state index >= 15 is 0 Å². The summed E-state index contributed by atoms with van der Waals surface area (Å²) < 4.78 is 5.06. The van der Waals surface area contributed by atoms with Gasteiger partial charge in [-0.2, -0.15) is 0 Å². The van der Waals surface area contributed by atoms with E-state index in [-0.39, 0.29) is 18.2 Å². The van der Waals surface area contributed by atoms with Gasteiger partial charge in [-0.1, -0.05) is 12.1 Å².